The van der Waals surface area contributed by atoms with Gasteiger partial charge in [-0.1, -0.05) is 0 Å². The number of nitrogens with zero attached hydrogens (tertiary/aromatic N) is 1. The first kappa shape index (κ1) is 14.2. The molecule has 0 aliphatic carbocycles. The number of nitrogens with one attached hydrogen (secondary N) is 3. The molecule has 5 nitrogen and oxygen atoms in total. The number of carbonyl (C=O) groups excluding carboxylic acids is 1. The molecule has 0 bridgehead atoms. The molecular formula is C14H17FN4O. The van der Waals surface area contributed by atoms with E-state index in [9.17, 15) is 9.18 Å². The van der Waals surface area contributed by atoms with Crippen molar-refractivity contribution in [2.75, 3.05) is 13.6 Å². The molecule has 3 N–H and O–H groups in total. The molecule has 0 aliphatic heterocycles. The molecule has 1 aromatic heterocycles. The van der Waals surface area contributed by atoms with Crippen molar-refractivity contribution in [1.29, 1.82) is 0 Å². The second-order valence-corrected chi connectivity index (χ2v) is 4.57. The van der Waals surface area contributed by atoms with Gasteiger partial charge in [0.15, 0.2) is 0 Å². The van der Waals surface area contributed by atoms with E-state index in [0.717, 1.165) is 5.56 Å². The van der Waals surface area contributed by atoms with Crippen LogP contribution in [0, 0.1) is 5.82 Å². The van der Waals surface area contributed by atoms with Gasteiger partial charge in [0.2, 0.25) is 0 Å². The third-order valence-electron chi connectivity index (χ3n) is 3.08. The lowest BCUT2D eigenvalue weighted by atomic mass is 10.1. The van der Waals surface area contributed by atoms with Gasteiger partial charge in [-0.05, 0) is 38.2 Å². The fraction of sp³-hybridized carbons (Fsp3) is 0.286. The number of amides is 1. The molecule has 0 aliphatic rings. The Morgan fingerprint density at radius 2 is 2.10 bits per heavy atom. The predicted octanol–water partition coefficient (Wildman–Crippen LogP) is 1.55. The molecule has 20 heavy (non-hydrogen) atoms. The molecule has 1 heterocycles. The van der Waals surface area contributed by atoms with Crippen LogP contribution in [-0.2, 0) is 0 Å². The first-order valence-electron chi connectivity index (χ1n) is 6.36. The normalized spacial score (nSPS) is 12.2. The number of aromatic nitrogens is 2. The van der Waals surface area contributed by atoms with E-state index in [1.165, 1.54) is 18.3 Å². The van der Waals surface area contributed by atoms with E-state index in [-0.39, 0.29) is 17.8 Å². The number of benzene rings is 1. The second kappa shape index (κ2) is 6.29. The highest BCUT2D eigenvalue weighted by Crippen LogP contribution is 2.21. The van der Waals surface area contributed by atoms with Crippen molar-refractivity contribution in [2.24, 2.45) is 0 Å². The Balaban J connectivity index is 2.16. The molecule has 106 valence electrons. The lowest BCUT2D eigenvalue weighted by Gasteiger charge is -2.11. The van der Waals surface area contributed by atoms with E-state index in [0.29, 0.717) is 17.8 Å². The van der Waals surface area contributed by atoms with Crippen LogP contribution >= 0.6 is 0 Å². The Morgan fingerprint density at radius 1 is 1.40 bits per heavy atom. The van der Waals surface area contributed by atoms with Crippen LogP contribution in [0.2, 0.25) is 0 Å². The van der Waals surface area contributed by atoms with Crippen molar-refractivity contribution in [2.45, 2.75) is 13.0 Å². The standard InChI is InChI=1S/C14H17FN4O/c1-9(16-2)7-17-14(20)12-8-18-19-13(12)10-3-5-11(15)6-4-10/h3-6,8-9,16H,7H2,1-2H3,(H,17,20)(H,18,19). The number of halogens is 1. The third kappa shape index (κ3) is 3.21. The van der Waals surface area contributed by atoms with Crippen LogP contribution in [0.3, 0.4) is 0 Å². The number of rotatable bonds is 5. The maximum absolute atomic E-state index is 12.9. The van der Waals surface area contributed by atoms with E-state index < -0.39 is 0 Å². The zero-order valence-corrected chi connectivity index (χ0v) is 11.4. The van der Waals surface area contributed by atoms with E-state index >= 15 is 0 Å². The molecule has 0 radical (unpaired) electrons. The zero-order chi connectivity index (χ0) is 14.5. The Morgan fingerprint density at radius 3 is 2.75 bits per heavy atom. The Labute approximate surface area is 116 Å². The molecule has 0 saturated carbocycles. The van der Waals surface area contributed by atoms with E-state index in [1.807, 2.05) is 14.0 Å². The average molecular weight is 276 g/mol. The number of carbonyl (C=O) groups is 1. The zero-order valence-electron chi connectivity index (χ0n) is 11.4. The highest BCUT2D eigenvalue weighted by atomic mass is 19.1. The summed E-state index contributed by atoms with van der Waals surface area (Å²) in [7, 11) is 1.83. The summed E-state index contributed by atoms with van der Waals surface area (Å²) in [5.41, 5.74) is 1.75. The largest absolute Gasteiger partial charge is 0.350 e. The summed E-state index contributed by atoms with van der Waals surface area (Å²) in [5.74, 6) is -0.526. The first-order chi connectivity index (χ1) is 9.61. The van der Waals surface area contributed by atoms with E-state index in [4.69, 9.17) is 0 Å². The maximum Gasteiger partial charge on any atom is 0.255 e. The summed E-state index contributed by atoms with van der Waals surface area (Å²) in [6, 6.07) is 6.09. The minimum Gasteiger partial charge on any atom is -0.350 e. The number of H-pyrrole nitrogens is 1. The smallest absolute Gasteiger partial charge is 0.255 e. The average Bonchev–Trinajstić information content (AvgIpc) is 2.94. The van der Waals surface area contributed by atoms with Crippen molar-refractivity contribution in [1.82, 2.24) is 20.8 Å². The molecule has 1 aromatic carbocycles. The van der Waals surface area contributed by atoms with Crippen LogP contribution in [0.1, 0.15) is 17.3 Å². The Hall–Kier alpha value is -2.21. The van der Waals surface area contributed by atoms with Crippen molar-refractivity contribution >= 4 is 5.91 Å². The number of hydrogen-bond donors (Lipinski definition) is 3. The van der Waals surface area contributed by atoms with Crippen LogP contribution in [0.15, 0.2) is 30.5 Å². The van der Waals surface area contributed by atoms with Gasteiger partial charge in [-0.2, -0.15) is 5.10 Å². The fourth-order valence-electron chi connectivity index (χ4n) is 1.74. The molecule has 1 unspecified atom stereocenters. The van der Waals surface area contributed by atoms with Gasteiger partial charge in [-0.3, -0.25) is 9.89 Å². The highest BCUT2D eigenvalue weighted by Gasteiger charge is 2.15. The minimum atomic E-state index is -0.317. The summed E-state index contributed by atoms with van der Waals surface area (Å²) in [5, 5.41) is 12.5. The highest BCUT2D eigenvalue weighted by molar-refractivity contribution is 5.99. The molecule has 0 fully saturated rings. The van der Waals surface area contributed by atoms with Crippen molar-refractivity contribution in [3.8, 4) is 11.3 Å². The molecule has 6 heteroatoms. The SMILES string of the molecule is CNC(C)CNC(=O)c1cn[nH]c1-c1ccc(F)cc1. The molecular weight excluding hydrogens is 259 g/mol. The van der Waals surface area contributed by atoms with Gasteiger partial charge in [-0.25, -0.2) is 4.39 Å². The van der Waals surface area contributed by atoms with Gasteiger partial charge >= 0.3 is 0 Å². The minimum absolute atomic E-state index is 0.181. The molecule has 1 atom stereocenters. The van der Waals surface area contributed by atoms with E-state index in [2.05, 4.69) is 20.8 Å². The fourth-order valence-corrected chi connectivity index (χ4v) is 1.74. The van der Waals surface area contributed by atoms with Gasteiger partial charge in [0.1, 0.15) is 5.82 Å². The summed E-state index contributed by atoms with van der Waals surface area (Å²) >= 11 is 0. The summed E-state index contributed by atoms with van der Waals surface area (Å²) in [6.07, 6.45) is 1.47. The third-order valence-corrected chi connectivity index (χ3v) is 3.08. The van der Waals surface area contributed by atoms with Gasteiger partial charge in [0.25, 0.3) is 5.91 Å². The van der Waals surface area contributed by atoms with Crippen LogP contribution < -0.4 is 10.6 Å². The maximum atomic E-state index is 12.9. The van der Waals surface area contributed by atoms with Crippen LogP contribution in [0.5, 0.6) is 0 Å². The van der Waals surface area contributed by atoms with Gasteiger partial charge < -0.3 is 10.6 Å². The molecule has 0 saturated heterocycles. The Bertz CT molecular complexity index is 579. The van der Waals surface area contributed by atoms with Gasteiger partial charge in [0, 0.05) is 18.2 Å². The number of hydrogen-bond acceptors (Lipinski definition) is 3. The molecule has 2 aromatic rings. The summed E-state index contributed by atoms with van der Waals surface area (Å²) < 4.78 is 12.9. The van der Waals surface area contributed by atoms with Crippen LogP contribution in [-0.4, -0.2) is 35.7 Å². The summed E-state index contributed by atoms with van der Waals surface area (Å²) in [4.78, 5) is 12.1. The van der Waals surface area contributed by atoms with Crippen LogP contribution in [0.25, 0.3) is 11.3 Å². The van der Waals surface area contributed by atoms with Crippen molar-refractivity contribution in [3.05, 3.63) is 41.8 Å². The molecule has 0 spiro atoms. The first-order valence-corrected chi connectivity index (χ1v) is 6.36. The van der Waals surface area contributed by atoms with Crippen molar-refractivity contribution < 1.29 is 9.18 Å². The van der Waals surface area contributed by atoms with Gasteiger partial charge in [-0.15, -0.1) is 0 Å². The van der Waals surface area contributed by atoms with E-state index in [1.54, 1.807) is 12.1 Å². The molecule has 2 rings (SSSR count). The lowest BCUT2D eigenvalue weighted by Crippen LogP contribution is -2.37. The predicted molar refractivity (Wildman–Crippen MR) is 74.8 cm³/mol. The topological polar surface area (TPSA) is 69.8 Å². The molecule has 1 amide bonds. The monoisotopic (exact) mass is 276 g/mol. The Kier molecular flexibility index (Phi) is 4.47. The van der Waals surface area contributed by atoms with Crippen LogP contribution in [0.4, 0.5) is 4.39 Å². The quantitative estimate of drug-likeness (QED) is 0.776. The van der Waals surface area contributed by atoms with Crippen molar-refractivity contribution in [3.63, 3.8) is 0 Å². The number of aromatic amines is 1. The summed E-state index contributed by atoms with van der Waals surface area (Å²) in [6.45, 7) is 2.49. The lowest BCUT2D eigenvalue weighted by molar-refractivity contribution is 0.0951. The van der Waals surface area contributed by atoms with Gasteiger partial charge in [0.05, 0.1) is 17.5 Å². The second-order valence-electron chi connectivity index (χ2n) is 4.57. The number of likely N-dealkylation sites (N-methyl/N-ethyl adjacent to an activating group) is 1.